The van der Waals surface area contributed by atoms with E-state index in [9.17, 15) is 4.79 Å². The highest BCUT2D eigenvalue weighted by atomic mass is 16.5. The van der Waals surface area contributed by atoms with Gasteiger partial charge in [0.2, 0.25) is 0 Å². The fourth-order valence-corrected chi connectivity index (χ4v) is 2.20. The summed E-state index contributed by atoms with van der Waals surface area (Å²) in [5.74, 6) is -0.672. The predicted octanol–water partition coefficient (Wildman–Crippen LogP) is 2.31. The number of hydrogen-bond acceptors (Lipinski definition) is 4. The summed E-state index contributed by atoms with van der Waals surface area (Å²) in [6, 6.07) is 4.57. The van der Waals surface area contributed by atoms with E-state index in [4.69, 9.17) is 20.3 Å². The van der Waals surface area contributed by atoms with Gasteiger partial charge in [-0.05, 0) is 37.8 Å². The van der Waals surface area contributed by atoms with Crippen LogP contribution in [0.2, 0.25) is 0 Å². The molecule has 1 fully saturated rings. The first-order valence-electron chi connectivity index (χ1n) is 6.54. The summed E-state index contributed by atoms with van der Waals surface area (Å²) >= 11 is 0. The number of carboxylic acids is 1. The number of carboxylic acid groups (broad SMARTS) is 1. The van der Waals surface area contributed by atoms with Crippen molar-refractivity contribution in [1.29, 1.82) is 0 Å². The summed E-state index contributed by atoms with van der Waals surface area (Å²) < 4.78 is 11.0. The molecule has 1 aromatic rings. The van der Waals surface area contributed by atoms with E-state index in [0.29, 0.717) is 24.1 Å². The van der Waals surface area contributed by atoms with Crippen molar-refractivity contribution < 1.29 is 19.4 Å². The monoisotopic (exact) mass is 265 g/mol. The lowest BCUT2D eigenvalue weighted by atomic mass is 10.1. The summed E-state index contributed by atoms with van der Waals surface area (Å²) in [7, 11) is 0. The Morgan fingerprint density at radius 3 is 3.05 bits per heavy atom. The van der Waals surface area contributed by atoms with E-state index >= 15 is 0 Å². The van der Waals surface area contributed by atoms with Crippen LogP contribution in [0.15, 0.2) is 18.2 Å². The van der Waals surface area contributed by atoms with Gasteiger partial charge in [0.15, 0.2) is 0 Å². The van der Waals surface area contributed by atoms with Crippen LogP contribution in [0.1, 0.15) is 36.0 Å². The van der Waals surface area contributed by atoms with Crippen molar-refractivity contribution in [2.75, 3.05) is 18.9 Å². The van der Waals surface area contributed by atoms with Crippen molar-refractivity contribution in [3.63, 3.8) is 0 Å². The van der Waals surface area contributed by atoms with Crippen LogP contribution in [-0.2, 0) is 4.74 Å². The van der Waals surface area contributed by atoms with Gasteiger partial charge in [0.25, 0.3) is 0 Å². The molecule has 1 aliphatic rings. The van der Waals surface area contributed by atoms with Crippen molar-refractivity contribution in [3.05, 3.63) is 23.8 Å². The van der Waals surface area contributed by atoms with Crippen LogP contribution in [0.4, 0.5) is 5.69 Å². The summed E-state index contributed by atoms with van der Waals surface area (Å²) in [6.07, 6.45) is 4.37. The Kier molecular flexibility index (Phi) is 4.63. The molecule has 0 radical (unpaired) electrons. The van der Waals surface area contributed by atoms with E-state index in [0.717, 1.165) is 32.3 Å². The van der Waals surface area contributed by atoms with Gasteiger partial charge in [-0.3, -0.25) is 0 Å². The van der Waals surface area contributed by atoms with Gasteiger partial charge in [-0.2, -0.15) is 0 Å². The second-order valence-corrected chi connectivity index (χ2v) is 4.69. The third kappa shape index (κ3) is 3.86. The van der Waals surface area contributed by atoms with Crippen LogP contribution in [-0.4, -0.2) is 30.4 Å². The van der Waals surface area contributed by atoms with Gasteiger partial charge in [-0.1, -0.05) is 0 Å². The summed E-state index contributed by atoms with van der Waals surface area (Å²) in [4.78, 5) is 11.0. The minimum Gasteiger partial charge on any atom is -0.493 e. The fraction of sp³-hybridized carbons (Fsp3) is 0.500. The van der Waals surface area contributed by atoms with E-state index in [1.807, 2.05) is 0 Å². The highest BCUT2D eigenvalue weighted by Crippen LogP contribution is 2.23. The van der Waals surface area contributed by atoms with Gasteiger partial charge in [0, 0.05) is 18.4 Å². The maximum absolute atomic E-state index is 11.0. The summed E-state index contributed by atoms with van der Waals surface area (Å²) in [5, 5.41) is 9.04. The molecule has 1 aliphatic heterocycles. The van der Waals surface area contributed by atoms with Crippen molar-refractivity contribution in [2.45, 2.75) is 31.8 Å². The molecule has 1 atom stereocenters. The lowest BCUT2D eigenvalue weighted by Gasteiger charge is -2.12. The van der Waals surface area contributed by atoms with Crippen molar-refractivity contribution in [2.24, 2.45) is 0 Å². The largest absolute Gasteiger partial charge is 0.493 e. The molecule has 1 heterocycles. The molecule has 3 N–H and O–H groups in total. The van der Waals surface area contributed by atoms with Gasteiger partial charge in [-0.25, -0.2) is 4.79 Å². The Morgan fingerprint density at radius 2 is 2.37 bits per heavy atom. The lowest BCUT2D eigenvalue weighted by molar-refractivity contribution is 0.0691. The van der Waals surface area contributed by atoms with Gasteiger partial charge < -0.3 is 20.3 Å². The average Bonchev–Trinajstić information content (AvgIpc) is 2.87. The van der Waals surface area contributed by atoms with E-state index in [2.05, 4.69) is 0 Å². The van der Waals surface area contributed by atoms with E-state index in [1.165, 1.54) is 6.07 Å². The molecule has 1 unspecified atom stereocenters. The van der Waals surface area contributed by atoms with Gasteiger partial charge in [0.1, 0.15) is 11.3 Å². The Morgan fingerprint density at radius 1 is 1.53 bits per heavy atom. The minimum atomic E-state index is -1.01. The molecule has 0 spiro atoms. The van der Waals surface area contributed by atoms with Gasteiger partial charge in [0.05, 0.1) is 12.7 Å². The summed E-state index contributed by atoms with van der Waals surface area (Å²) in [6.45, 7) is 1.33. The molecule has 0 bridgehead atoms. The third-order valence-corrected chi connectivity index (χ3v) is 3.19. The number of carbonyl (C=O) groups is 1. The number of benzene rings is 1. The Balaban J connectivity index is 1.84. The average molecular weight is 265 g/mol. The molecule has 5 heteroatoms. The van der Waals surface area contributed by atoms with Crippen LogP contribution < -0.4 is 10.5 Å². The predicted molar refractivity (Wildman–Crippen MR) is 71.5 cm³/mol. The Labute approximate surface area is 112 Å². The van der Waals surface area contributed by atoms with Crippen molar-refractivity contribution in [3.8, 4) is 5.75 Å². The third-order valence-electron chi connectivity index (χ3n) is 3.19. The van der Waals surface area contributed by atoms with Crippen LogP contribution >= 0.6 is 0 Å². The van der Waals surface area contributed by atoms with Gasteiger partial charge >= 0.3 is 5.97 Å². The first-order valence-corrected chi connectivity index (χ1v) is 6.54. The minimum absolute atomic E-state index is 0.145. The van der Waals surface area contributed by atoms with E-state index < -0.39 is 5.97 Å². The summed E-state index contributed by atoms with van der Waals surface area (Å²) in [5.41, 5.74) is 6.28. The zero-order chi connectivity index (χ0) is 13.7. The van der Waals surface area contributed by atoms with Crippen LogP contribution in [0.25, 0.3) is 0 Å². The molecule has 1 aromatic carbocycles. The molecule has 0 saturated carbocycles. The van der Waals surface area contributed by atoms with E-state index in [-0.39, 0.29) is 5.56 Å². The second kappa shape index (κ2) is 6.43. The van der Waals surface area contributed by atoms with Crippen molar-refractivity contribution in [1.82, 2.24) is 0 Å². The number of ether oxygens (including phenoxy) is 2. The molecule has 19 heavy (non-hydrogen) atoms. The number of nitrogen functional groups attached to an aromatic ring is 1. The number of rotatable bonds is 6. The van der Waals surface area contributed by atoms with Crippen LogP contribution in [0, 0.1) is 0 Å². The normalized spacial score (nSPS) is 18.4. The highest BCUT2D eigenvalue weighted by Gasteiger charge is 2.15. The first-order chi connectivity index (χ1) is 9.16. The molecule has 2 rings (SSSR count). The zero-order valence-corrected chi connectivity index (χ0v) is 10.8. The quantitative estimate of drug-likeness (QED) is 0.609. The van der Waals surface area contributed by atoms with E-state index in [1.54, 1.807) is 12.1 Å². The smallest absolute Gasteiger partial charge is 0.339 e. The zero-order valence-electron chi connectivity index (χ0n) is 10.8. The number of anilines is 1. The molecular weight excluding hydrogens is 246 g/mol. The number of nitrogens with two attached hydrogens (primary N) is 1. The Hall–Kier alpha value is -1.75. The topological polar surface area (TPSA) is 81.8 Å². The fourth-order valence-electron chi connectivity index (χ4n) is 2.20. The first kappa shape index (κ1) is 13.7. The molecular formula is C14H19NO4. The van der Waals surface area contributed by atoms with Crippen LogP contribution in [0.3, 0.4) is 0 Å². The number of aromatic carboxylic acids is 1. The molecule has 104 valence electrons. The molecule has 0 aliphatic carbocycles. The molecule has 1 saturated heterocycles. The van der Waals surface area contributed by atoms with Crippen LogP contribution in [0.5, 0.6) is 5.75 Å². The maximum atomic E-state index is 11.0. The van der Waals surface area contributed by atoms with Crippen molar-refractivity contribution >= 4 is 11.7 Å². The SMILES string of the molecule is Nc1ccc(C(=O)O)c(OCCCC2CCCO2)c1. The van der Waals surface area contributed by atoms with Gasteiger partial charge in [-0.15, -0.1) is 0 Å². The maximum Gasteiger partial charge on any atom is 0.339 e. The Bertz CT molecular complexity index is 441. The standard InChI is InChI=1S/C14H19NO4/c15-10-5-6-12(14(16)17)13(9-10)19-8-2-4-11-3-1-7-18-11/h5-6,9,11H,1-4,7-8,15H2,(H,16,17). The highest BCUT2D eigenvalue weighted by molar-refractivity contribution is 5.91. The molecule has 5 nitrogen and oxygen atoms in total. The molecule has 0 aromatic heterocycles. The number of hydrogen-bond donors (Lipinski definition) is 2. The lowest BCUT2D eigenvalue weighted by Crippen LogP contribution is -2.09. The second-order valence-electron chi connectivity index (χ2n) is 4.69. The molecule has 0 amide bonds.